The molecule has 0 spiro atoms. The van der Waals surface area contributed by atoms with E-state index in [1.165, 1.54) is 0 Å². The van der Waals surface area contributed by atoms with Gasteiger partial charge in [0.1, 0.15) is 5.82 Å². The van der Waals surface area contributed by atoms with Crippen LogP contribution >= 0.6 is 0 Å². The van der Waals surface area contributed by atoms with E-state index < -0.39 is 0 Å². The number of rotatable bonds is 6. The molecule has 96 valence electrons. The van der Waals surface area contributed by atoms with Crippen molar-refractivity contribution >= 4 is 0 Å². The van der Waals surface area contributed by atoms with Crippen LogP contribution in [-0.2, 0) is 19.9 Å². The lowest BCUT2D eigenvalue weighted by atomic mass is 10.1. The number of aromatic nitrogens is 3. The van der Waals surface area contributed by atoms with Crippen molar-refractivity contribution in [3.63, 3.8) is 0 Å². The number of hydrogen-bond donors (Lipinski definition) is 2. The van der Waals surface area contributed by atoms with Crippen molar-refractivity contribution in [2.24, 2.45) is 12.9 Å². The highest BCUT2D eigenvalue weighted by Crippen LogP contribution is 2.06. The van der Waals surface area contributed by atoms with E-state index in [2.05, 4.69) is 15.4 Å². The molecule has 0 radical (unpaired) electrons. The molecule has 0 bridgehead atoms. The van der Waals surface area contributed by atoms with Crippen molar-refractivity contribution in [2.45, 2.75) is 25.3 Å². The van der Waals surface area contributed by atoms with Crippen molar-refractivity contribution in [1.82, 2.24) is 20.0 Å². The first-order chi connectivity index (χ1) is 8.79. The third kappa shape index (κ3) is 3.38. The molecular formula is C13H19N5. The van der Waals surface area contributed by atoms with E-state index in [0.717, 1.165) is 30.8 Å². The van der Waals surface area contributed by atoms with Gasteiger partial charge in [-0.15, -0.1) is 0 Å². The number of hydrazine groups is 1. The number of nitrogens with zero attached hydrogens (tertiary/aromatic N) is 3. The Morgan fingerprint density at radius 2 is 2.22 bits per heavy atom. The number of imidazole rings is 1. The van der Waals surface area contributed by atoms with Crippen LogP contribution in [-0.4, -0.2) is 20.6 Å². The molecule has 0 aliphatic carbocycles. The Morgan fingerprint density at radius 1 is 1.33 bits per heavy atom. The Morgan fingerprint density at radius 3 is 2.83 bits per heavy atom. The number of nitrogens with two attached hydrogens (primary N) is 1. The van der Waals surface area contributed by atoms with Crippen molar-refractivity contribution in [3.05, 3.63) is 48.3 Å². The highest BCUT2D eigenvalue weighted by Gasteiger charge is 2.11. The van der Waals surface area contributed by atoms with Gasteiger partial charge in [-0.2, -0.15) is 0 Å². The van der Waals surface area contributed by atoms with E-state index in [1.54, 1.807) is 0 Å². The van der Waals surface area contributed by atoms with E-state index in [9.17, 15) is 0 Å². The molecule has 1 unspecified atom stereocenters. The summed E-state index contributed by atoms with van der Waals surface area (Å²) in [5.74, 6) is 6.64. The summed E-state index contributed by atoms with van der Waals surface area (Å²) in [5, 5.41) is 0. The smallest absolute Gasteiger partial charge is 0.109 e. The molecule has 0 saturated carbocycles. The van der Waals surface area contributed by atoms with Gasteiger partial charge in [0, 0.05) is 43.8 Å². The van der Waals surface area contributed by atoms with Crippen LogP contribution in [0, 0.1) is 0 Å². The third-order valence-electron chi connectivity index (χ3n) is 3.06. The van der Waals surface area contributed by atoms with Crippen LogP contribution in [0.25, 0.3) is 0 Å². The Balaban J connectivity index is 1.88. The first-order valence-corrected chi connectivity index (χ1v) is 6.12. The number of pyridine rings is 1. The second kappa shape index (κ2) is 6.28. The van der Waals surface area contributed by atoms with Gasteiger partial charge in [0.15, 0.2) is 0 Å². The van der Waals surface area contributed by atoms with Gasteiger partial charge in [0.25, 0.3) is 0 Å². The van der Waals surface area contributed by atoms with Crippen LogP contribution < -0.4 is 11.3 Å². The second-order valence-electron chi connectivity index (χ2n) is 4.38. The zero-order valence-electron chi connectivity index (χ0n) is 10.6. The molecule has 0 amide bonds. The summed E-state index contributed by atoms with van der Waals surface area (Å²) in [5.41, 5.74) is 3.95. The molecule has 2 heterocycles. The normalized spacial score (nSPS) is 12.6. The number of nitrogens with one attached hydrogen (secondary N) is 1. The predicted molar refractivity (Wildman–Crippen MR) is 70.6 cm³/mol. The fraction of sp³-hybridized carbons (Fsp3) is 0.385. The minimum Gasteiger partial charge on any atom is -0.338 e. The lowest BCUT2D eigenvalue weighted by Crippen LogP contribution is -2.37. The summed E-state index contributed by atoms with van der Waals surface area (Å²) >= 11 is 0. The summed E-state index contributed by atoms with van der Waals surface area (Å²) in [6.07, 6.45) is 8.26. The van der Waals surface area contributed by atoms with Gasteiger partial charge in [-0.05, 0) is 25.0 Å². The molecule has 18 heavy (non-hydrogen) atoms. The summed E-state index contributed by atoms with van der Waals surface area (Å²) in [6.45, 7) is 0. The minimum absolute atomic E-state index is 0.216. The van der Waals surface area contributed by atoms with Gasteiger partial charge in [0.05, 0.1) is 0 Å². The van der Waals surface area contributed by atoms with Gasteiger partial charge in [0.2, 0.25) is 0 Å². The lowest BCUT2D eigenvalue weighted by Gasteiger charge is -2.15. The van der Waals surface area contributed by atoms with Crippen molar-refractivity contribution in [2.75, 3.05) is 0 Å². The summed E-state index contributed by atoms with van der Waals surface area (Å²) < 4.78 is 2.02. The Bertz CT molecular complexity index is 465. The zero-order valence-corrected chi connectivity index (χ0v) is 10.6. The molecule has 1 atom stereocenters. The topological polar surface area (TPSA) is 68.8 Å². The molecule has 2 aromatic heterocycles. The van der Waals surface area contributed by atoms with Gasteiger partial charge in [-0.25, -0.2) is 4.98 Å². The van der Waals surface area contributed by atoms with E-state index in [4.69, 9.17) is 5.84 Å². The summed E-state index contributed by atoms with van der Waals surface area (Å²) in [7, 11) is 1.99. The van der Waals surface area contributed by atoms with Crippen LogP contribution in [0.4, 0.5) is 0 Å². The van der Waals surface area contributed by atoms with Gasteiger partial charge < -0.3 is 4.57 Å². The molecule has 0 aliphatic heterocycles. The van der Waals surface area contributed by atoms with Crippen molar-refractivity contribution < 1.29 is 0 Å². The Kier molecular flexibility index (Phi) is 4.44. The first-order valence-electron chi connectivity index (χ1n) is 6.12. The third-order valence-corrected chi connectivity index (χ3v) is 3.06. The summed E-state index contributed by atoms with van der Waals surface area (Å²) in [4.78, 5) is 8.62. The van der Waals surface area contributed by atoms with E-state index in [1.807, 2.05) is 48.4 Å². The lowest BCUT2D eigenvalue weighted by molar-refractivity contribution is 0.475. The summed E-state index contributed by atoms with van der Waals surface area (Å²) in [6, 6.07) is 6.18. The molecule has 0 aliphatic rings. The molecular weight excluding hydrogens is 226 g/mol. The van der Waals surface area contributed by atoms with E-state index in [0.29, 0.717) is 0 Å². The van der Waals surface area contributed by atoms with Crippen molar-refractivity contribution in [3.8, 4) is 0 Å². The number of hydrogen-bond acceptors (Lipinski definition) is 4. The van der Waals surface area contributed by atoms with Crippen LogP contribution in [0.5, 0.6) is 0 Å². The highest BCUT2D eigenvalue weighted by atomic mass is 15.2. The largest absolute Gasteiger partial charge is 0.338 e. The average Bonchev–Trinajstić information content (AvgIpc) is 2.81. The average molecular weight is 245 g/mol. The van der Waals surface area contributed by atoms with E-state index in [-0.39, 0.29) is 6.04 Å². The molecule has 0 aromatic carbocycles. The van der Waals surface area contributed by atoms with Crippen LogP contribution in [0.1, 0.15) is 17.9 Å². The van der Waals surface area contributed by atoms with Crippen LogP contribution in [0.2, 0.25) is 0 Å². The fourth-order valence-corrected chi connectivity index (χ4v) is 1.93. The van der Waals surface area contributed by atoms with E-state index >= 15 is 0 Å². The SMILES string of the molecule is Cn1ccnc1CC(CCc1ccccn1)NN. The first kappa shape index (κ1) is 12.7. The maximum absolute atomic E-state index is 5.60. The Labute approximate surface area is 107 Å². The quantitative estimate of drug-likeness (QED) is 0.584. The van der Waals surface area contributed by atoms with Crippen molar-refractivity contribution in [1.29, 1.82) is 0 Å². The molecule has 3 N–H and O–H groups in total. The van der Waals surface area contributed by atoms with Gasteiger partial charge in [-0.3, -0.25) is 16.3 Å². The Hall–Kier alpha value is -1.72. The zero-order chi connectivity index (χ0) is 12.8. The molecule has 2 rings (SSSR count). The monoisotopic (exact) mass is 245 g/mol. The maximum atomic E-state index is 5.60. The van der Waals surface area contributed by atoms with Gasteiger partial charge in [-0.1, -0.05) is 6.07 Å². The highest BCUT2D eigenvalue weighted by molar-refractivity contribution is 5.04. The molecule has 0 fully saturated rings. The molecule has 0 saturated heterocycles. The second-order valence-corrected chi connectivity index (χ2v) is 4.38. The van der Waals surface area contributed by atoms with Gasteiger partial charge >= 0.3 is 0 Å². The van der Waals surface area contributed by atoms with Crippen LogP contribution in [0.3, 0.4) is 0 Å². The molecule has 5 heteroatoms. The minimum atomic E-state index is 0.216. The number of aryl methyl sites for hydroxylation is 2. The predicted octanol–water partition coefficient (Wildman–Crippen LogP) is 0.822. The molecule has 2 aromatic rings. The standard InChI is InChI=1S/C13H19N5/c1-18-9-8-16-13(18)10-12(17-14)6-5-11-4-2-3-7-15-11/h2-4,7-9,12,17H,5-6,10,14H2,1H3. The molecule has 5 nitrogen and oxygen atoms in total. The maximum Gasteiger partial charge on any atom is 0.109 e. The van der Waals surface area contributed by atoms with Crippen LogP contribution in [0.15, 0.2) is 36.8 Å². The fourth-order valence-electron chi connectivity index (χ4n) is 1.93.